The number of carboxylic acids is 1. The Morgan fingerprint density at radius 1 is 0.800 bits per heavy atom. The number of carbonyl (C=O) groups is 2. The molecule has 0 aromatic rings. The molecule has 0 saturated heterocycles. The minimum absolute atomic E-state index is 0.0163. The number of hydrogen-bond donors (Lipinski definition) is 3. The molecule has 1 aliphatic rings. The van der Waals surface area contributed by atoms with Crippen molar-refractivity contribution in [2.24, 2.45) is 11.8 Å². The van der Waals surface area contributed by atoms with Crippen LogP contribution >= 0.6 is 0 Å². The first-order valence-electron chi connectivity index (χ1n) is 12.2. The summed E-state index contributed by atoms with van der Waals surface area (Å²) in [7, 11) is 0. The maximum atomic E-state index is 12.7. The third-order valence-electron chi connectivity index (χ3n) is 6.30. The fourth-order valence-corrected chi connectivity index (χ4v) is 4.59. The Kier molecular flexibility index (Phi) is 15.9. The summed E-state index contributed by atoms with van der Waals surface area (Å²) in [5, 5.41) is 26.5. The summed E-state index contributed by atoms with van der Waals surface area (Å²) >= 11 is 0. The van der Waals surface area contributed by atoms with Gasteiger partial charge in [-0.1, -0.05) is 51.4 Å². The van der Waals surface area contributed by atoms with Crippen molar-refractivity contribution in [1.29, 1.82) is 0 Å². The maximum absolute atomic E-state index is 12.7. The van der Waals surface area contributed by atoms with Crippen LogP contribution in [0.5, 0.6) is 0 Å². The second-order valence-corrected chi connectivity index (χ2v) is 8.76. The number of aliphatic carboxylic acids is 1. The van der Waals surface area contributed by atoms with Crippen molar-refractivity contribution in [2.45, 2.75) is 109 Å². The highest BCUT2D eigenvalue weighted by Gasteiger charge is 2.41. The van der Waals surface area contributed by atoms with Crippen molar-refractivity contribution >= 4 is 11.8 Å². The third kappa shape index (κ3) is 12.0. The summed E-state index contributed by atoms with van der Waals surface area (Å²) in [5.41, 5.74) is 0. The molecule has 6 heteroatoms. The fourth-order valence-electron chi connectivity index (χ4n) is 4.59. The number of unbranched alkanes of at least 4 members (excludes halogenated alkanes) is 9. The third-order valence-corrected chi connectivity index (χ3v) is 6.30. The number of carboxylic acid groups (broad SMARTS) is 1. The molecule has 176 valence electrons. The minimum atomic E-state index is -0.737. The Hall–Kier alpha value is -0.980. The summed E-state index contributed by atoms with van der Waals surface area (Å²) < 4.78 is 6.07. The van der Waals surface area contributed by atoms with Crippen molar-refractivity contribution in [2.75, 3.05) is 19.8 Å². The van der Waals surface area contributed by atoms with Gasteiger partial charge >= 0.3 is 5.97 Å². The smallest absolute Gasteiger partial charge is 0.303 e. The van der Waals surface area contributed by atoms with E-state index in [1.54, 1.807) is 0 Å². The van der Waals surface area contributed by atoms with Gasteiger partial charge in [0.05, 0.1) is 6.10 Å². The molecule has 30 heavy (non-hydrogen) atoms. The van der Waals surface area contributed by atoms with Gasteiger partial charge in [0.2, 0.25) is 0 Å². The summed E-state index contributed by atoms with van der Waals surface area (Å²) in [6.07, 6.45) is 14.4. The lowest BCUT2D eigenvalue weighted by molar-refractivity contribution is -0.137. The van der Waals surface area contributed by atoms with Gasteiger partial charge in [-0.05, 0) is 44.4 Å². The van der Waals surface area contributed by atoms with Crippen LogP contribution in [0.25, 0.3) is 0 Å². The molecule has 0 radical (unpaired) electrons. The molecule has 0 unspecified atom stereocenters. The van der Waals surface area contributed by atoms with Crippen LogP contribution in [-0.2, 0) is 14.3 Å². The highest BCUT2D eigenvalue weighted by molar-refractivity contribution is 5.84. The molecule has 0 bridgehead atoms. The van der Waals surface area contributed by atoms with Gasteiger partial charge in [0, 0.05) is 38.6 Å². The molecule has 3 atom stereocenters. The quantitative estimate of drug-likeness (QED) is 0.247. The highest BCUT2D eigenvalue weighted by atomic mass is 16.5. The molecule has 1 rings (SSSR count). The largest absolute Gasteiger partial charge is 0.481 e. The number of rotatable bonds is 20. The van der Waals surface area contributed by atoms with Crippen molar-refractivity contribution < 1.29 is 29.6 Å². The first-order valence-corrected chi connectivity index (χ1v) is 12.2. The van der Waals surface area contributed by atoms with E-state index in [1.807, 2.05) is 0 Å². The maximum Gasteiger partial charge on any atom is 0.303 e. The zero-order valence-corrected chi connectivity index (χ0v) is 18.7. The monoisotopic (exact) mass is 428 g/mol. The normalized spacial score (nSPS) is 21.4. The van der Waals surface area contributed by atoms with Gasteiger partial charge in [0.15, 0.2) is 0 Å². The number of ketones is 1. The Balaban J connectivity index is 2.42. The van der Waals surface area contributed by atoms with Crippen molar-refractivity contribution in [3.05, 3.63) is 0 Å². The van der Waals surface area contributed by atoms with E-state index in [2.05, 4.69) is 0 Å². The van der Waals surface area contributed by atoms with Crippen molar-refractivity contribution in [1.82, 2.24) is 0 Å². The van der Waals surface area contributed by atoms with Gasteiger partial charge in [0.25, 0.3) is 0 Å². The van der Waals surface area contributed by atoms with E-state index in [9.17, 15) is 9.59 Å². The molecule has 3 N–H and O–H groups in total. The number of Topliss-reactive ketones (excluding diaryl/α,β-unsaturated/α-hetero) is 1. The average molecular weight is 429 g/mol. The zero-order valence-electron chi connectivity index (χ0n) is 18.7. The van der Waals surface area contributed by atoms with Crippen LogP contribution in [0.15, 0.2) is 0 Å². The molecule has 0 aliphatic heterocycles. The molecule has 0 spiro atoms. The van der Waals surface area contributed by atoms with E-state index in [-0.39, 0.29) is 31.7 Å². The van der Waals surface area contributed by atoms with Gasteiger partial charge < -0.3 is 20.1 Å². The van der Waals surface area contributed by atoms with E-state index in [4.69, 9.17) is 20.1 Å². The SMILES string of the molecule is O=C(O)CCCCCC[C@H]1C(=O)C[C@@H](OCCCCO)[C@@H]1CCCCCCCCO. The number of ether oxygens (including phenoxy) is 1. The molecule has 0 heterocycles. The number of aliphatic hydroxyl groups excluding tert-OH is 2. The van der Waals surface area contributed by atoms with Crippen LogP contribution in [0.2, 0.25) is 0 Å². The molecule has 0 aromatic heterocycles. The van der Waals surface area contributed by atoms with E-state index < -0.39 is 5.97 Å². The van der Waals surface area contributed by atoms with Crippen LogP contribution in [0.3, 0.4) is 0 Å². The second kappa shape index (κ2) is 17.7. The summed E-state index contributed by atoms with van der Waals surface area (Å²) in [6.45, 7) is 1.06. The van der Waals surface area contributed by atoms with Crippen molar-refractivity contribution in [3.8, 4) is 0 Å². The minimum Gasteiger partial charge on any atom is -0.481 e. The van der Waals surface area contributed by atoms with E-state index in [1.165, 1.54) is 6.42 Å². The predicted octanol–water partition coefficient (Wildman–Crippen LogP) is 4.50. The van der Waals surface area contributed by atoms with Crippen LogP contribution in [0, 0.1) is 11.8 Å². The Morgan fingerprint density at radius 3 is 2.03 bits per heavy atom. The zero-order chi connectivity index (χ0) is 22.0. The summed E-state index contributed by atoms with van der Waals surface area (Å²) in [6, 6.07) is 0. The standard InChI is InChI=1S/C24H44O6/c25-16-10-6-2-1-3-8-14-21-20(13-7-4-5-9-15-24(28)29)22(27)19-23(21)30-18-12-11-17-26/h20-21,23,25-26H,1-19H2,(H,28,29)/t20-,21-,23-/m1/s1. The lowest BCUT2D eigenvalue weighted by Crippen LogP contribution is -2.24. The van der Waals surface area contributed by atoms with Gasteiger partial charge in [-0.2, -0.15) is 0 Å². The lowest BCUT2D eigenvalue weighted by atomic mass is 9.85. The lowest BCUT2D eigenvalue weighted by Gasteiger charge is -2.24. The van der Waals surface area contributed by atoms with Crippen molar-refractivity contribution in [3.63, 3.8) is 0 Å². The van der Waals surface area contributed by atoms with E-state index in [0.29, 0.717) is 31.1 Å². The Labute approximate surface area is 182 Å². The van der Waals surface area contributed by atoms with Crippen LogP contribution in [0.4, 0.5) is 0 Å². The van der Waals surface area contributed by atoms with Crippen LogP contribution < -0.4 is 0 Å². The number of aliphatic hydroxyl groups is 2. The van der Waals surface area contributed by atoms with Crippen LogP contribution in [0.1, 0.15) is 103 Å². The fraction of sp³-hybridized carbons (Fsp3) is 0.917. The topological polar surface area (TPSA) is 104 Å². The highest BCUT2D eigenvalue weighted by Crippen LogP contribution is 2.38. The predicted molar refractivity (Wildman–Crippen MR) is 117 cm³/mol. The Morgan fingerprint density at radius 2 is 1.37 bits per heavy atom. The first-order chi connectivity index (χ1) is 14.6. The molecule has 1 fully saturated rings. The van der Waals surface area contributed by atoms with E-state index in [0.717, 1.165) is 77.0 Å². The van der Waals surface area contributed by atoms with E-state index >= 15 is 0 Å². The molecule has 1 saturated carbocycles. The molecular weight excluding hydrogens is 384 g/mol. The van der Waals surface area contributed by atoms with Gasteiger partial charge in [0.1, 0.15) is 5.78 Å². The number of carbonyl (C=O) groups excluding carboxylic acids is 1. The van der Waals surface area contributed by atoms with Gasteiger partial charge in [-0.3, -0.25) is 9.59 Å². The Bertz CT molecular complexity index is 453. The van der Waals surface area contributed by atoms with Crippen LogP contribution in [-0.4, -0.2) is 53.0 Å². The second-order valence-electron chi connectivity index (χ2n) is 8.76. The molecule has 1 aliphatic carbocycles. The molecule has 0 aromatic carbocycles. The molecule has 6 nitrogen and oxygen atoms in total. The summed E-state index contributed by atoms with van der Waals surface area (Å²) in [4.78, 5) is 23.3. The number of hydrogen-bond acceptors (Lipinski definition) is 5. The van der Waals surface area contributed by atoms with Gasteiger partial charge in [-0.15, -0.1) is 0 Å². The average Bonchev–Trinajstić information content (AvgIpc) is 3.01. The summed E-state index contributed by atoms with van der Waals surface area (Å²) in [5.74, 6) is -0.0241. The first kappa shape index (κ1) is 27.1. The molecule has 0 amide bonds. The molecular formula is C24H44O6. The van der Waals surface area contributed by atoms with Gasteiger partial charge in [-0.25, -0.2) is 0 Å².